The minimum Gasteiger partial charge on any atom is -0.377 e. The fourth-order valence-corrected chi connectivity index (χ4v) is 2.51. The first-order valence-electron chi connectivity index (χ1n) is 7.41. The summed E-state index contributed by atoms with van der Waals surface area (Å²) >= 11 is 0. The highest BCUT2D eigenvalue weighted by Gasteiger charge is 2.36. The lowest BCUT2D eigenvalue weighted by molar-refractivity contribution is 0.0163. The van der Waals surface area contributed by atoms with Gasteiger partial charge in [-0.1, -0.05) is 39.0 Å². The van der Waals surface area contributed by atoms with E-state index in [1.165, 1.54) is 44.9 Å². The van der Waals surface area contributed by atoms with Gasteiger partial charge in [0.1, 0.15) is 0 Å². The molecule has 0 bridgehead atoms. The monoisotopic (exact) mass is 242 g/mol. The quantitative estimate of drug-likeness (QED) is 0.333. The lowest BCUT2D eigenvalue weighted by Gasteiger charge is -2.26. The standard InChI is InChI=1S/C14H30N2O/c1-3-5-6-7-8-9-13(16-15)14(17-4-2)12-10-11-12/h12-14,16H,3-11,15H2,1-2H3. The molecule has 0 spiro atoms. The zero-order valence-electron chi connectivity index (χ0n) is 11.6. The van der Waals surface area contributed by atoms with E-state index in [2.05, 4.69) is 19.3 Å². The van der Waals surface area contributed by atoms with Gasteiger partial charge in [0.05, 0.1) is 6.10 Å². The average Bonchev–Trinajstić information content (AvgIpc) is 3.16. The Morgan fingerprint density at radius 3 is 2.41 bits per heavy atom. The second-order valence-electron chi connectivity index (χ2n) is 5.23. The minimum absolute atomic E-state index is 0.344. The van der Waals surface area contributed by atoms with Crippen LogP contribution in [0, 0.1) is 5.92 Å². The summed E-state index contributed by atoms with van der Waals surface area (Å²) < 4.78 is 5.85. The van der Waals surface area contributed by atoms with E-state index < -0.39 is 0 Å². The number of ether oxygens (including phenoxy) is 1. The predicted molar refractivity (Wildman–Crippen MR) is 72.6 cm³/mol. The highest BCUT2D eigenvalue weighted by atomic mass is 16.5. The zero-order valence-corrected chi connectivity index (χ0v) is 11.6. The summed E-state index contributed by atoms with van der Waals surface area (Å²) in [6, 6.07) is 0.351. The minimum atomic E-state index is 0.344. The number of nitrogens with two attached hydrogens (primary N) is 1. The number of nitrogens with one attached hydrogen (secondary N) is 1. The van der Waals surface area contributed by atoms with Gasteiger partial charge in [-0.3, -0.25) is 11.3 Å². The molecule has 1 aliphatic carbocycles. The zero-order chi connectivity index (χ0) is 12.5. The van der Waals surface area contributed by atoms with Crippen molar-refractivity contribution in [3.8, 4) is 0 Å². The third kappa shape index (κ3) is 5.84. The summed E-state index contributed by atoms with van der Waals surface area (Å²) in [5.74, 6) is 6.44. The van der Waals surface area contributed by atoms with Crippen molar-refractivity contribution in [1.82, 2.24) is 5.43 Å². The van der Waals surface area contributed by atoms with Gasteiger partial charge in [0, 0.05) is 12.6 Å². The molecule has 3 N–H and O–H groups in total. The lowest BCUT2D eigenvalue weighted by Crippen LogP contribution is -2.46. The van der Waals surface area contributed by atoms with Crippen molar-refractivity contribution in [3.05, 3.63) is 0 Å². The highest BCUT2D eigenvalue weighted by Crippen LogP contribution is 2.36. The average molecular weight is 242 g/mol. The summed E-state index contributed by atoms with van der Waals surface area (Å²) in [7, 11) is 0. The molecule has 1 saturated carbocycles. The molecular formula is C14H30N2O. The van der Waals surface area contributed by atoms with Gasteiger partial charge in [-0.2, -0.15) is 0 Å². The van der Waals surface area contributed by atoms with Gasteiger partial charge in [-0.05, 0) is 32.1 Å². The molecular weight excluding hydrogens is 212 g/mol. The van der Waals surface area contributed by atoms with Crippen LogP contribution in [-0.2, 0) is 4.74 Å². The number of unbranched alkanes of at least 4 members (excludes halogenated alkanes) is 4. The van der Waals surface area contributed by atoms with Crippen LogP contribution in [0.1, 0.15) is 65.2 Å². The maximum Gasteiger partial charge on any atom is 0.0769 e. The first-order chi connectivity index (χ1) is 8.33. The van der Waals surface area contributed by atoms with E-state index in [-0.39, 0.29) is 0 Å². The smallest absolute Gasteiger partial charge is 0.0769 e. The van der Waals surface area contributed by atoms with E-state index in [4.69, 9.17) is 10.6 Å². The summed E-state index contributed by atoms with van der Waals surface area (Å²) in [6.07, 6.45) is 10.8. The second-order valence-corrected chi connectivity index (χ2v) is 5.23. The van der Waals surface area contributed by atoms with Crippen molar-refractivity contribution in [2.24, 2.45) is 11.8 Å². The Labute approximate surface area is 106 Å². The Hall–Kier alpha value is -0.120. The summed E-state index contributed by atoms with van der Waals surface area (Å²) in [6.45, 7) is 5.13. The molecule has 0 aromatic rings. The van der Waals surface area contributed by atoms with Crippen molar-refractivity contribution in [3.63, 3.8) is 0 Å². The van der Waals surface area contributed by atoms with Gasteiger partial charge in [-0.15, -0.1) is 0 Å². The van der Waals surface area contributed by atoms with Gasteiger partial charge >= 0.3 is 0 Å². The molecule has 0 saturated heterocycles. The normalized spacial score (nSPS) is 19.2. The van der Waals surface area contributed by atoms with Crippen LogP contribution in [-0.4, -0.2) is 18.8 Å². The first kappa shape index (κ1) is 14.9. The predicted octanol–water partition coefficient (Wildman–Crippen LogP) is 2.99. The molecule has 3 nitrogen and oxygen atoms in total. The van der Waals surface area contributed by atoms with Crippen LogP contribution in [0.4, 0.5) is 0 Å². The summed E-state index contributed by atoms with van der Waals surface area (Å²) in [5, 5.41) is 0. The van der Waals surface area contributed by atoms with Crippen LogP contribution >= 0.6 is 0 Å². The molecule has 1 aliphatic rings. The second kappa shape index (κ2) is 8.90. The third-order valence-corrected chi connectivity index (χ3v) is 3.68. The van der Waals surface area contributed by atoms with E-state index >= 15 is 0 Å². The Balaban J connectivity index is 2.20. The van der Waals surface area contributed by atoms with Crippen LogP contribution in [0.2, 0.25) is 0 Å². The van der Waals surface area contributed by atoms with Crippen LogP contribution < -0.4 is 11.3 Å². The van der Waals surface area contributed by atoms with E-state index in [9.17, 15) is 0 Å². The molecule has 0 aromatic carbocycles. The molecule has 3 heteroatoms. The van der Waals surface area contributed by atoms with Crippen molar-refractivity contribution in [1.29, 1.82) is 0 Å². The fraction of sp³-hybridized carbons (Fsp3) is 1.00. The molecule has 0 heterocycles. The van der Waals surface area contributed by atoms with Crippen LogP contribution in [0.3, 0.4) is 0 Å². The Kier molecular flexibility index (Phi) is 7.82. The number of hydrogen-bond donors (Lipinski definition) is 2. The van der Waals surface area contributed by atoms with Crippen molar-refractivity contribution < 1.29 is 4.74 Å². The molecule has 17 heavy (non-hydrogen) atoms. The highest BCUT2D eigenvalue weighted by molar-refractivity contribution is 4.89. The maximum atomic E-state index is 5.85. The fourth-order valence-electron chi connectivity index (χ4n) is 2.51. The molecule has 1 rings (SSSR count). The Morgan fingerprint density at radius 1 is 1.18 bits per heavy atom. The maximum absolute atomic E-state index is 5.85. The van der Waals surface area contributed by atoms with Crippen LogP contribution in [0.25, 0.3) is 0 Å². The van der Waals surface area contributed by atoms with Gasteiger partial charge in [-0.25, -0.2) is 0 Å². The first-order valence-corrected chi connectivity index (χ1v) is 7.41. The summed E-state index contributed by atoms with van der Waals surface area (Å²) in [5.41, 5.74) is 2.97. The van der Waals surface area contributed by atoms with E-state index in [1.807, 2.05) is 0 Å². The van der Waals surface area contributed by atoms with Crippen molar-refractivity contribution in [2.75, 3.05) is 6.61 Å². The lowest BCUT2D eigenvalue weighted by atomic mass is 9.99. The number of hydrazine groups is 1. The van der Waals surface area contributed by atoms with Crippen LogP contribution in [0.15, 0.2) is 0 Å². The molecule has 0 aliphatic heterocycles. The SMILES string of the molecule is CCCCCCCC(NN)C(OCC)C1CC1. The molecule has 2 unspecified atom stereocenters. The summed E-state index contributed by atoms with van der Waals surface area (Å²) in [4.78, 5) is 0. The molecule has 1 fully saturated rings. The third-order valence-electron chi connectivity index (χ3n) is 3.68. The van der Waals surface area contributed by atoms with Gasteiger partial charge in [0.2, 0.25) is 0 Å². The van der Waals surface area contributed by atoms with E-state index in [0.717, 1.165) is 18.9 Å². The van der Waals surface area contributed by atoms with E-state index in [1.54, 1.807) is 0 Å². The molecule has 0 amide bonds. The Bertz CT molecular complexity index is 183. The van der Waals surface area contributed by atoms with Crippen LogP contribution in [0.5, 0.6) is 0 Å². The molecule has 2 atom stereocenters. The largest absolute Gasteiger partial charge is 0.377 e. The van der Waals surface area contributed by atoms with Gasteiger partial charge in [0.15, 0.2) is 0 Å². The van der Waals surface area contributed by atoms with Crippen molar-refractivity contribution >= 4 is 0 Å². The molecule has 0 radical (unpaired) electrons. The molecule has 0 aromatic heterocycles. The van der Waals surface area contributed by atoms with Crippen molar-refractivity contribution in [2.45, 2.75) is 77.4 Å². The number of rotatable bonds is 11. The van der Waals surface area contributed by atoms with Gasteiger partial charge in [0.25, 0.3) is 0 Å². The van der Waals surface area contributed by atoms with E-state index in [0.29, 0.717) is 12.1 Å². The Morgan fingerprint density at radius 2 is 1.88 bits per heavy atom. The molecule has 102 valence electrons. The topological polar surface area (TPSA) is 47.3 Å². The number of hydrogen-bond acceptors (Lipinski definition) is 3. The van der Waals surface area contributed by atoms with Gasteiger partial charge < -0.3 is 4.74 Å².